The minimum Gasteiger partial charge on any atom is -0.383 e. The first-order valence-corrected chi connectivity index (χ1v) is 5.13. The van der Waals surface area contributed by atoms with Crippen molar-refractivity contribution in [3.63, 3.8) is 0 Å². The number of nitrogens with one attached hydrogen (secondary N) is 1. The van der Waals surface area contributed by atoms with E-state index in [1.54, 1.807) is 7.11 Å². The Balaban J connectivity index is 2.69. The van der Waals surface area contributed by atoms with Crippen molar-refractivity contribution in [2.24, 2.45) is 0 Å². The highest BCUT2D eigenvalue weighted by Crippen LogP contribution is 2.16. The summed E-state index contributed by atoms with van der Waals surface area (Å²) in [5.41, 5.74) is 5.82. The van der Waals surface area contributed by atoms with E-state index in [9.17, 15) is 4.79 Å². The van der Waals surface area contributed by atoms with Crippen LogP contribution < -0.4 is 11.1 Å². The Bertz CT molecular complexity index is 384. The van der Waals surface area contributed by atoms with Gasteiger partial charge in [0.2, 0.25) is 0 Å². The Labute approximate surface area is 98.9 Å². The van der Waals surface area contributed by atoms with Crippen LogP contribution in [0.4, 0.5) is 5.82 Å². The number of nitrogen functional groups attached to an aromatic ring is 1. The Hall–Kier alpha value is -1.33. The largest absolute Gasteiger partial charge is 0.383 e. The van der Waals surface area contributed by atoms with Gasteiger partial charge >= 0.3 is 0 Å². The molecule has 1 aromatic rings. The number of hydrogen-bond donors (Lipinski definition) is 2. The molecule has 1 atom stereocenters. The molecular formula is C10H14ClN3O2. The molecular weight excluding hydrogens is 230 g/mol. The molecule has 0 aliphatic rings. The number of anilines is 1. The summed E-state index contributed by atoms with van der Waals surface area (Å²) < 4.78 is 4.91. The molecule has 1 amide bonds. The molecule has 3 N–H and O–H groups in total. The minimum atomic E-state index is -0.251. The van der Waals surface area contributed by atoms with Crippen LogP contribution in [0, 0.1) is 0 Å². The molecule has 0 saturated carbocycles. The number of carbonyl (C=O) groups is 1. The molecule has 6 heteroatoms. The van der Waals surface area contributed by atoms with E-state index in [0.717, 1.165) is 0 Å². The summed E-state index contributed by atoms with van der Waals surface area (Å²) >= 11 is 5.76. The number of halogens is 1. The van der Waals surface area contributed by atoms with Gasteiger partial charge in [0.25, 0.3) is 5.91 Å². The van der Waals surface area contributed by atoms with Gasteiger partial charge in [-0.15, -0.1) is 0 Å². The molecule has 0 bridgehead atoms. The highest BCUT2D eigenvalue weighted by molar-refractivity contribution is 6.33. The Kier molecular flexibility index (Phi) is 4.52. The number of carbonyl (C=O) groups excluding carboxylic acids is 1. The molecule has 1 rings (SSSR count). The molecule has 0 radical (unpaired) electrons. The lowest BCUT2D eigenvalue weighted by Gasteiger charge is -2.12. The van der Waals surface area contributed by atoms with Gasteiger partial charge < -0.3 is 15.8 Å². The Morgan fingerprint density at radius 3 is 3.00 bits per heavy atom. The summed E-state index contributed by atoms with van der Waals surface area (Å²) in [5, 5.41) is 3.01. The second-order valence-electron chi connectivity index (χ2n) is 3.42. The van der Waals surface area contributed by atoms with E-state index in [1.165, 1.54) is 12.3 Å². The number of aromatic nitrogens is 1. The summed E-state index contributed by atoms with van der Waals surface area (Å²) in [5.74, 6) is -0.0397. The van der Waals surface area contributed by atoms with Crippen molar-refractivity contribution in [2.45, 2.75) is 13.0 Å². The third-order valence-electron chi connectivity index (χ3n) is 1.93. The number of nitrogens with zero attached hydrogens (tertiary/aromatic N) is 1. The summed E-state index contributed by atoms with van der Waals surface area (Å²) in [6, 6.07) is 1.41. The molecule has 0 aliphatic carbocycles. The van der Waals surface area contributed by atoms with Crippen LogP contribution in [0.25, 0.3) is 0 Å². The molecule has 16 heavy (non-hydrogen) atoms. The minimum absolute atomic E-state index is 0.0752. The standard InChI is InChI=1S/C10H14ClN3O2/c1-6(5-16-2)14-10(15)7-3-8(11)9(12)13-4-7/h3-4,6H,5H2,1-2H3,(H2,12,13)(H,14,15). The molecule has 5 nitrogen and oxygen atoms in total. The zero-order valence-corrected chi connectivity index (χ0v) is 9.91. The summed E-state index contributed by atoms with van der Waals surface area (Å²) in [4.78, 5) is 15.5. The van der Waals surface area contributed by atoms with E-state index in [1.807, 2.05) is 6.92 Å². The van der Waals surface area contributed by atoms with Crippen molar-refractivity contribution in [3.8, 4) is 0 Å². The van der Waals surface area contributed by atoms with E-state index in [4.69, 9.17) is 22.1 Å². The third-order valence-corrected chi connectivity index (χ3v) is 2.23. The van der Waals surface area contributed by atoms with Gasteiger partial charge in [-0.2, -0.15) is 0 Å². The third kappa shape index (κ3) is 3.36. The normalized spacial score (nSPS) is 12.2. The highest BCUT2D eigenvalue weighted by atomic mass is 35.5. The van der Waals surface area contributed by atoms with Crippen LogP contribution in [-0.4, -0.2) is 30.6 Å². The van der Waals surface area contributed by atoms with Gasteiger partial charge in [0.05, 0.1) is 17.2 Å². The van der Waals surface area contributed by atoms with Crippen molar-refractivity contribution in [1.29, 1.82) is 0 Å². The predicted molar refractivity (Wildman–Crippen MR) is 62.5 cm³/mol. The lowest BCUT2D eigenvalue weighted by Crippen LogP contribution is -2.35. The molecule has 1 aromatic heterocycles. The molecule has 0 saturated heterocycles. The van der Waals surface area contributed by atoms with Gasteiger partial charge in [-0.3, -0.25) is 4.79 Å². The van der Waals surface area contributed by atoms with Crippen molar-refractivity contribution in [1.82, 2.24) is 10.3 Å². The SMILES string of the molecule is COCC(C)NC(=O)c1cnc(N)c(Cl)c1. The molecule has 0 spiro atoms. The van der Waals surface area contributed by atoms with E-state index < -0.39 is 0 Å². The van der Waals surface area contributed by atoms with Gasteiger partial charge in [0.15, 0.2) is 0 Å². The first-order valence-electron chi connectivity index (χ1n) is 4.75. The van der Waals surface area contributed by atoms with Crippen LogP contribution in [0.1, 0.15) is 17.3 Å². The quantitative estimate of drug-likeness (QED) is 0.830. The first kappa shape index (κ1) is 12.7. The number of hydrogen-bond acceptors (Lipinski definition) is 4. The fraction of sp³-hybridized carbons (Fsp3) is 0.400. The van der Waals surface area contributed by atoms with Crippen LogP contribution in [-0.2, 0) is 4.74 Å². The summed E-state index contributed by atoms with van der Waals surface area (Å²) in [6.45, 7) is 2.29. The lowest BCUT2D eigenvalue weighted by atomic mass is 10.2. The monoisotopic (exact) mass is 243 g/mol. The van der Waals surface area contributed by atoms with Gasteiger partial charge in [-0.25, -0.2) is 4.98 Å². The van der Waals surface area contributed by atoms with Crippen LogP contribution in [0.5, 0.6) is 0 Å². The van der Waals surface area contributed by atoms with Crippen molar-refractivity contribution >= 4 is 23.3 Å². The van der Waals surface area contributed by atoms with Crippen molar-refractivity contribution < 1.29 is 9.53 Å². The Morgan fingerprint density at radius 1 is 1.75 bits per heavy atom. The number of methoxy groups -OCH3 is 1. The fourth-order valence-corrected chi connectivity index (χ4v) is 1.34. The van der Waals surface area contributed by atoms with E-state index >= 15 is 0 Å². The number of rotatable bonds is 4. The van der Waals surface area contributed by atoms with Crippen LogP contribution in [0.2, 0.25) is 5.02 Å². The molecule has 88 valence electrons. The summed E-state index contributed by atoms with van der Waals surface area (Å²) in [7, 11) is 1.57. The second kappa shape index (κ2) is 5.67. The van der Waals surface area contributed by atoms with Crippen LogP contribution in [0.15, 0.2) is 12.3 Å². The van der Waals surface area contributed by atoms with Gasteiger partial charge in [-0.1, -0.05) is 11.6 Å². The van der Waals surface area contributed by atoms with Crippen LogP contribution >= 0.6 is 11.6 Å². The number of pyridine rings is 1. The molecule has 1 unspecified atom stereocenters. The van der Waals surface area contributed by atoms with E-state index in [2.05, 4.69) is 10.3 Å². The van der Waals surface area contributed by atoms with Crippen molar-refractivity contribution in [2.75, 3.05) is 19.5 Å². The maximum absolute atomic E-state index is 11.7. The number of ether oxygens (including phenoxy) is 1. The number of nitrogens with two attached hydrogens (primary N) is 1. The van der Waals surface area contributed by atoms with Gasteiger partial charge in [-0.05, 0) is 13.0 Å². The van der Waals surface area contributed by atoms with Crippen LogP contribution in [0.3, 0.4) is 0 Å². The Morgan fingerprint density at radius 2 is 2.44 bits per heavy atom. The zero-order chi connectivity index (χ0) is 12.1. The average molecular weight is 244 g/mol. The fourth-order valence-electron chi connectivity index (χ4n) is 1.17. The average Bonchev–Trinajstić information content (AvgIpc) is 2.22. The van der Waals surface area contributed by atoms with Crippen molar-refractivity contribution in [3.05, 3.63) is 22.8 Å². The number of amides is 1. The van der Waals surface area contributed by atoms with Gasteiger partial charge in [0, 0.05) is 19.3 Å². The molecule has 0 aromatic carbocycles. The predicted octanol–water partition coefficient (Wildman–Crippen LogP) is 1.08. The lowest BCUT2D eigenvalue weighted by molar-refractivity contribution is 0.0905. The molecule has 0 aliphatic heterocycles. The smallest absolute Gasteiger partial charge is 0.253 e. The maximum Gasteiger partial charge on any atom is 0.253 e. The topological polar surface area (TPSA) is 77.2 Å². The zero-order valence-electron chi connectivity index (χ0n) is 9.16. The first-order chi connectivity index (χ1) is 7.54. The summed E-state index contributed by atoms with van der Waals surface area (Å²) in [6.07, 6.45) is 1.38. The molecule has 1 heterocycles. The van der Waals surface area contributed by atoms with Gasteiger partial charge in [0.1, 0.15) is 5.82 Å². The van der Waals surface area contributed by atoms with E-state index in [-0.39, 0.29) is 22.8 Å². The van der Waals surface area contributed by atoms with E-state index in [0.29, 0.717) is 12.2 Å². The second-order valence-corrected chi connectivity index (χ2v) is 3.83. The highest BCUT2D eigenvalue weighted by Gasteiger charge is 2.11. The molecule has 0 fully saturated rings. The maximum atomic E-state index is 11.7.